The standard InChI is InChI=1S/C42H48O22/c1-17-35(56-19(3)44)37(58-21(5)46)39(60-23(7)48)41(54-17)53-16-33-36(57-20(4)45)38(59-22(6)47)40(61-24(8)49)42(64-33)62-26-13-27(50)34-28(51)15-30(63-32(34)14-26)25-10-11-29(52-9)31(12-25)55-18(2)43/h10-14,17,30,33,35-42,50H,15-16H2,1-9H3/t17-,30?,33+,35-,36+,37+,38-,39+,40+,41+,42+/m0/s1. The molecule has 0 radical (unpaired) electrons. The second-order valence-corrected chi connectivity index (χ2v) is 14.7. The predicted octanol–water partition coefficient (Wildman–Crippen LogP) is 2.49. The first-order valence-corrected chi connectivity index (χ1v) is 19.7. The maximum Gasteiger partial charge on any atom is 0.308 e. The second kappa shape index (κ2) is 20.8. The highest BCUT2D eigenvalue weighted by Gasteiger charge is 2.55. The van der Waals surface area contributed by atoms with Gasteiger partial charge in [-0.1, -0.05) is 6.07 Å². The van der Waals surface area contributed by atoms with E-state index in [-0.39, 0.29) is 35.0 Å². The average molecular weight is 905 g/mol. The van der Waals surface area contributed by atoms with Crippen LogP contribution in [0, 0.1) is 0 Å². The van der Waals surface area contributed by atoms with E-state index in [1.807, 2.05) is 0 Å². The molecular formula is C42H48O22. The Labute approximate surface area is 365 Å². The number of aromatic hydroxyl groups is 1. The van der Waals surface area contributed by atoms with Crippen LogP contribution in [0.1, 0.15) is 83.8 Å². The number of esters is 7. The fourth-order valence-electron chi connectivity index (χ4n) is 7.31. The van der Waals surface area contributed by atoms with E-state index in [2.05, 4.69) is 0 Å². The van der Waals surface area contributed by atoms with Gasteiger partial charge in [-0.3, -0.25) is 38.4 Å². The van der Waals surface area contributed by atoms with Crippen molar-refractivity contribution in [1.29, 1.82) is 0 Å². The van der Waals surface area contributed by atoms with E-state index in [0.29, 0.717) is 5.56 Å². The molecule has 0 saturated carbocycles. The van der Waals surface area contributed by atoms with Crippen LogP contribution in [0.25, 0.3) is 0 Å². The van der Waals surface area contributed by atoms with Crippen molar-refractivity contribution in [3.8, 4) is 28.7 Å². The number of Topliss-reactive ketones (excluding diaryl/α,β-unsaturated/α-hetero) is 1. The molecule has 1 N–H and O–H groups in total. The molecule has 2 aromatic carbocycles. The van der Waals surface area contributed by atoms with E-state index in [0.717, 1.165) is 47.6 Å². The minimum Gasteiger partial charge on any atom is -0.507 e. The van der Waals surface area contributed by atoms with Crippen molar-refractivity contribution in [2.24, 2.45) is 0 Å². The van der Waals surface area contributed by atoms with Crippen molar-refractivity contribution in [3.63, 3.8) is 0 Å². The van der Waals surface area contributed by atoms with Crippen LogP contribution in [0.4, 0.5) is 0 Å². The molecule has 11 atom stereocenters. The van der Waals surface area contributed by atoms with Gasteiger partial charge in [-0.05, 0) is 24.6 Å². The monoisotopic (exact) mass is 904 g/mol. The molecule has 22 heteroatoms. The molecule has 348 valence electrons. The van der Waals surface area contributed by atoms with Crippen LogP contribution in [-0.4, -0.2) is 128 Å². The number of fused-ring (bicyclic) bond motifs is 1. The zero-order chi connectivity index (χ0) is 47.2. The van der Waals surface area contributed by atoms with Gasteiger partial charge in [0.1, 0.15) is 35.0 Å². The Kier molecular flexibility index (Phi) is 15.7. The summed E-state index contributed by atoms with van der Waals surface area (Å²) in [6.07, 6.45) is -16.3. The molecule has 1 unspecified atom stereocenters. The van der Waals surface area contributed by atoms with E-state index in [4.69, 9.17) is 61.6 Å². The minimum atomic E-state index is -1.77. The SMILES string of the molecule is COc1ccc(C2CC(=O)c3c(O)cc(O[C@@H]4O[C@H](CO[C@@H]5O[C@@H](C)[C@H](OC(C)=O)[C@@H](OC(C)=O)[C@H]5OC(C)=O)[C@@H](OC(C)=O)[C@H](OC(C)=O)[C@H]4OC(C)=O)cc3O2)cc1OC(C)=O. The van der Waals surface area contributed by atoms with Crippen LogP contribution >= 0.6 is 0 Å². The number of methoxy groups -OCH3 is 1. The molecule has 3 aliphatic rings. The molecule has 0 amide bonds. The molecule has 0 bridgehead atoms. The normalized spacial score (nSPS) is 27.3. The second-order valence-electron chi connectivity index (χ2n) is 14.7. The third kappa shape index (κ3) is 11.9. The lowest BCUT2D eigenvalue weighted by Crippen LogP contribution is -2.64. The molecule has 2 aromatic rings. The zero-order valence-electron chi connectivity index (χ0n) is 36.2. The van der Waals surface area contributed by atoms with Crippen LogP contribution in [0.2, 0.25) is 0 Å². The molecule has 0 aromatic heterocycles. The maximum absolute atomic E-state index is 13.4. The lowest BCUT2D eigenvalue weighted by molar-refractivity contribution is -0.323. The van der Waals surface area contributed by atoms with Gasteiger partial charge in [-0.15, -0.1) is 0 Å². The van der Waals surface area contributed by atoms with Gasteiger partial charge < -0.3 is 66.7 Å². The first-order chi connectivity index (χ1) is 30.1. The number of phenolic OH excluding ortho intramolecular Hbond substituents is 1. The van der Waals surface area contributed by atoms with E-state index >= 15 is 0 Å². The quantitative estimate of drug-likeness (QED) is 0.162. The van der Waals surface area contributed by atoms with Crippen molar-refractivity contribution in [2.75, 3.05) is 13.7 Å². The summed E-state index contributed by atoms with van der Waals surface area (Å²) >= 11 is 0. The van der Waals surface area contributed by atoms with Crippen molar-refractivity contribution in [1.82, 2.24) is 0 Å². The highest BCUT2D eigenvalue weighted by molar-refractivity contribution is 6.02. The van der Waals surface area contributed by atoms with Gasteiger partial charge in [0.25, 0.3) is 0 Å². The summed E-state index contributed by atoms with van der Waals surface area (Å²) in [4.78, 5) is 99.4. The zero-order valence-corrected chi connectivity index (χ0v) is 36.2. The van der Waals surface area contributed by atoms with Crippen LogP contribution < -0.4 is 18.9 Å². The topological polar surface area (TPSA) is 277 Å². The Morgan fingerprint density at radius 3 is 1.73 bits per heavy atom. The lowest BCUT2D eigenvalue weighted by atomic mass is 9.95. The van der Waals surface area contributed by atoms with Gasteiger partial charge in [0.15, 0.2) is 54.1 Å². The average Bonchev–Trinajstić information content (AvgIpc) is 3.17. The fourth-order valence-corrected chi connectivity index (χ4v) is 7.31. The highest BCUT2D eigenvalue weighted by Crippen LogP contribution is 2.44. The minimum absolute atomic E-state index is 0.0648. The summed E-state index contributed by atoms with van der Waals surface area (Å²) in [6.45, 7) is 8.37. The highest BCUT2D eigenvalue weighted by atomic mass is 16.8. The number of carbonyl (C=O) groups is 8. The van der Waals surface area contributed by atoms with Crippen molar-refractivity contribution >= 4 is 47.6 Å². The molecule has 2 fully saturated rings. The number of carbonyl (C=O) groups excluding carboxylic acids is 8. The number of benzene rings is 2. The Morgan fingerprint density at radius 1 is 0.641 bits per heavy atom. The van der Waals surface area contributed by atoms with E-state index in [1.165, 1.54) is 39.2 Å². The molecule has 3 heterocycles. The predicted molar refractivity (Wildman–Crippen MR) is 208 cm³/mol. The first kappa shape index (κ1) is 48.5. The smallest absolute Gasteiger partial charge is 0.308 e. The molecule has 64 heavy (non-hydrogen) atoms. The number of ether oxygens (including phenoxy) is 13. The molecule has 3 aliphatic heterocycles. The number of ketones is 1. The van der Waals surface area contributed by atoms with Gasteiger partial charge in [-0.2, -0.15) is 0 Å². The summed E-state index contributed by atoms with van der Waals surface area (Å²) in [5.41, 5.74) is 0.216. The third-order valence-electron chi connectivity index (χ3n) is 9.59. The number of hydrogen-bond donors (Lipinski definition) is 1. The molecule has 0 aliphatic carbocycles. The van der Waals surface area contributed by atoms with Gasteiger partial charge in [-0.25, -0.2) is 0 Å². The van der Waals surface area contributed by atoms with Crippen LogP contribution in [-0.2, 0) is 76.2 Å². The van der Waals surface area contributed by atoms with Crippen LogP contribution in [0.3, 0.4) is 0 Å². The van der Waals surface area contributed by atoms with Gasteiger partial charge in [0.05, 0.1) is 26.2 Å². The summed E-state index contributed by atoms with van der Waals surface area (Å²) in [7, 11) is 1.38. The Bertz CT molecular complexity index is 2130. The van der Waals surface area contributed by atoms with Crippen LogP contribution in [0.5, 0.6) is 28.7 Å². The largest absolute Gasteiger partial charge is 0.507 e. The third-order valence-corrected chi connectivity index (χ3v) is 9.59. The molecule has 0 spiro atoms. The Hall–Kier alpha value is -6.52. The Morgan fingerprint density at radius 2 is 1.17 bits per heavy atom. The first-order valence-electron chi connectivity index (χ1n) is 19.7. The van der Waals surface area contributed by atoms with Crippen LogP contribution in [0.15, 0.2) is 30.3 Å². The van der Waals surface area contributed by atoms with Gasteiger partial charge in [0, 0.05) is 60.6 Å². The molecule has 22 nitrogen and oxygen atoms in total. The van der Waals surface area contributed by atoms with Gasteiger partial charge in [0.2, 0.25) is 12.4 Å². The fraction of sp³-hybridized carbons (Fsp3) is 0.524. The Balaban J connectivity index is 1.51. The number of rotatable bonds is 14. The maximum atomic E-state index is 13.4. The van der Waals surface area contributed by atoms with E-state index in [9.17, 15) is 43.5 Å². The number of hydrogen-bond acceptors (Lipinski definition) is 22. The summed E-state index contributed by atoms with van der Waals surface area (Å²) in [5.74, 6) is -6.99. The van der Waals surface area contributed by atoms with E-state index < -0.39 is 127 Å². The van der Waals surface area contributed by atoms with E-state index in [1.54, 1.807) is 6.07 Å². The van der Waals surface area contributed by atoms with Gasteiger partial charge >= 0.3 is 41.8 Å². The molecule has 2 saturated heterocycles. The van der Waals surface area contributed by atoms with Crippen molar-refractivity contribution in [3.05, 3.63) is 41.5 Å². The molecular weight excluding hydrogens is 856 g/mol. The summed E-state index contributed by atoms with van der Waals surface area (Å²) in [6, 6.07) is 6.86. The summed E-state index contributed by atoms with van der Waals surface area (Å²) in [5, 5.41) is 11.1. The molecule has 5 rings (SSSR count). The van der Waals surface area contributed by atoms with Crippen molar-refractivity contribution in [2.45, 2.75) is 129 Å². The summed E-state index contributed by atoms with van der Waals surface area (Å²) < 4.78 is 74.1. The number of phenols is 1. The lowest BCUT2D eigenvalue weighted by Gasteiger charge is -2.46. The van der Waals surface area contributed by atoms with Crippen molar-refractivity contribution < 1.29 is 105 Å².